The summed E-state index contributed by atoms with van der Waals surface area (Å²) in [6.45, 7) is 4.48. The number of anilines is 1. The van der Waals surface area contributed by atoms with E-state index in [1.807, 2.05) is 6.92 Å². The number of carboxylic acid groups (broad SMARTS) is 1. The van der Waals surface area contributed by atoms with Crippen molar-refractivity contribution < 1.29 is 19.4 Å². The topological polar surface area (TPSA) is 95.9 Å². The Bertz CT molecular complexity index is 627. The molecule has 1 amide bonds. The second-order valence-corrected chi connectivity index (χ2v) is 5.97. The molecule has 2 fully saturated rings. The lowest BCUT2D eigenvalue weighted by Crippen LogP contribution is -2.59. The lowest BCUT2D eigenvalue weighted by atomic mass is 9.79. The predicted molar refractivity (Wildman–Crippen MR) is 77.0 cm³/mol. The van der Waals surface area contributed by atoms with Crippen LogP contribution < -0.4 is 4.90 Å². The molecule has 0 aromatic carbocycles. The summed E-state index contributed by atoms with van der Waals surface area (Å²) in [5.74, 6) is 0.164. The molecule has 1 N–H and O–H groups in total. The van der Waals surface area contributed by atoms with E-state index < -0.39 is 12.1 Å². The SMILES string of the molecule is COC(=O)c1cnc(C)c(N2CCC3(CN(C(=O)O)C3)C2)n1. The number of nitrogens with zero attached hydrogens (tertiary/aromatic N) is 4. The summed E-state index contributed by atoms with van der Waals surface area (Å²) in [4.78, 5) is 34.6. The fourth-order valence-corrected chi connectivity index (χ4v) is 3.21. The van der Waals surface area contributed by atoms with Crippen molar-refractivity contribution in [2.24, 2.45) is 5.41 Å². The Hall–Kier alpha value is -2.38. The van der Waals surface area contributed by atoms with Gasteiger partial charge in [-0.15, -0.1) is 0 Å². The largest absolute Gasteiger partial charge is 0.465 e. The van der Waals surface area contributed by atoms with Crippen LogP contribution >= 0.6 is 0 Å². The van der Waals surface area contributed by atoms with Gasteiger partial charge in [-0.1, -0.05) is 0 Å². The molecule has 8 nitrogen and oxygen atoms in total. The minimum Gasteiger partial charge on any atom is -0.465 e. The van der Waals surface area contributed by atoms with Gasteiger partial charge >= 0.3 is 12.1 Å². The van der Waals surface area contributed by atoms with Crippen LogP contribution in [0, 0.1) is 12.3 Å². The van der Waals surface area contributed by atoms with Crippen LogP contribution in [0.1, 0.15) is 22.6 Å². The summed E-state index contributed by atoms with van der Waals surface area (Å²) in [6.07, 6.45) is 1.46. The van der Waals surface area contributed by atoms with Crippen LogP contribution in [0.25, 0.3) is 0 Å². The van der Waals surface area contributed by atoms with Gasteiger partial charge in [-0.2, -0.15) is 0 Å². The van der Waals surface area contributed by atoms with E-state index in [0.717, 1.165) is 25.2 Å². The van der Waals surface area contributed by atoms with E-state index in [9.17, 15) is 9.59 Å². The van der Waals surface area contributed by atoms with Gasteiger partial charge in [0.05, 0.1) is 19.0 Å². The molecule has 2 aliphatic heterocycles. The lowest BCUT2D eigenvalue weighted by Gasteiger charge is -2.46. The van der Waals surface area contributed by atoms with Crippen molar-refractivity contribution in [1.29, 1.82) is 0 Å². The fourth-order valence-electron chi connectivity index (χ4n) is 3.21. The summed E-state index contributed by atoms with van der Waals surface area (Å²) in [5, 5.41) is 8.97. The maximum Gasteiger partial charge on any atom is 0.407 e. The molecule has 0 radical (unpaired) electrons. The Morgan fingerprint density at radius 2 is 2.09 bits per heavy atom. The lowest BCUT2D eigenvalue weighted by molar-refractivity contribution is 0.0251. The number of hydrogen-bond acceptors (Lipinski definition) is 6. The fraction of sp³-hybridized carbons (Fsp3) is 0.571. The maximum atomic E-state index is 11.6. The Kier molecular flexibility index (Phi) is 3.38. The number of esters is 1. The van der Waals surface area contributed by atoms with Crippen molar-refractivity contribution in [3.8, 4) is 0 Å². The van der Waals surface area contributed by atoms with E-state index in [-0.39, 0.29) is 11.1 Å². The number of hydrogen-bond donors (Lipinski definition) is 1. The molecule has 0 atom stereocenters. The van der Waals surface area contributed by atoms with Gasteiger partial charge < -0.3 is 19.6 Å². The average Bonchev–Trinajstić information content (AvgIpc) is 2.90. The second-order valence-electron chi connectivity index (χ2n) is 5.97. The number of amides is 1. The quantitative estimate of drug-likeness (QED) is 0.806. The number of methoxy groups -OCH3 is 1. The number of carbonyl (C=O) groups excluding carboxylic acids is 1. The monoisotopic (exact) mass is 306 g/mol. The molecule has 0 unspecified atom stereocenters. The summed E-state index contributed by atoms with van der Waals surface area (Å²) < 4.78 is 4.68. The first-order valence-electron chi connectivity index (χ1n) is 7.09. The highest BCUT2D eigenvalue weighted by molar-refractivity contribution is 5.87. The Labute approximate surface area is 127 Å². The van der Waals surface area contributed by atoms with Gasteiger partial charge in [0.1, 0.15) is 0 Å². The van der Waals surface area contributed by atoms with Gasteiger partial charge in [0.2, 0.25) is 0 Å². The highest BCUT2D eigenvalue weighted by Gasteiger charge is 2.49. The van der Waals surface area contributed by atoms with E-state index >= 15 is 0 Å². The molecular formula is C14H18N4O4. The highest BCUT2D eigenvalue weighted by atomic mass is 16.5. The number of likely N-dealkylation sites (tertiary alicyclic amines) is 1. The van der Waals surface area contributed by atoms with Crippen molar-refractivity contribution in [3.05, 3.63) is 17.6 Å². The molecule has 0 saturated carbocycles. The first-order chi connectivity index (χ1) is 10.4. The van der Waals surface area contributed by atoms with Crippen LogP contribution in [0.5, 0.6) is 0 Å². The van der Waals surface area contributed by atoms with Crippen molar-refractivity contribution in [3.63, 3.8) is 0 Å². The van der Waals surface area contributed by atoms with E-state index in [4.69, 9.17) is 5.11 Å². The van der Waals surface area contributed by atoms with Crippen LogP contribution in [0.2, 0.25) is 0 Å². The number of aryl methyl sites for hydroxylation is 1. The minimum absolute atomic E-state index is 0.00772. The smallest absolute Gasteiger partial charge is 0.407 e. The third-order valence-electron chi connectivity index (χ3n) is 4.39. The molecule has 0 aliphatic carbocycles. The normalized spacial score (nSPS) is 19.2. The van der Waals surface area contributed by atoms with Crippen molar-refractivity contribution >= 4 is 17.9 Å². The Morgan fingerprint density at radius 1 is 1.36 bits per heavy atom. The van der Waals surface area contributed by atoms with Gasteiger partial charge in [0, 0.05) is 31.6 Å². The Balaban J connectivity index is 1.76. The summed E-state index contributed by atoms with van der Waals surface area (Å²) in [7, 11) is 1.31. The molecule has 2 aliphatic rings. The molecule has 8 heteroatoms. The molecule has 22 heavy (non-hydrogen) atoms. The van der Waals surface area contributed by atoms with Crippen LogP contribution in [-0.2, 0) is 4.74 Å². The second kappa shape index (κ2) is 5.11. The number of rotatable bonds is 2. The van der Waals surface area contributed by atoms with Crippen LogP contribution in [0.15, 0.2) is 6.20 Å². The molecule has 1 spiro atoms. The first kappa shape index (κ1) is 14.6. The molecule has 1 aromatic heterocycles. The zero-order valence-corrected chi connectivity index (χ0v) is 12.6. The zero-order chi connectivity index (χ0) is 15.9. The van der Waals surface area contributed by atoms with Crippen molar-refractivity contribution in [2.45, 2.75) is 13.3 Å². The van der Waals surface area contributed by atoms with Gasteiger partial charge in [-0.25, -0.2) is 14.6 Å². The van der Waals surface area contributed by atoms with E-state index in [1.54, 1.807) is 0 Å². The molecular weight excluding hydrogens is 288 g/mol. The van der Waals surface area contributed by atoms with E-state index in [1.165, 1.54) is 18.2 Å². The van der Waals surface area contributed by atoms with Gasteiger partial charge in [0.15, 0.2) is 11.5 Å². The third-order valence-corrected chi connectivity index (χ3v) is 4.39. The van der Waals surface area contributed by atoms with Gasteiger partial charge in [-0.3, -0.25) is 4.98 Å². The highest BCUT2D eigenvalue weighted by Crippen LogP contribution is 2.41. The first-order valence-corrected chi connectivity index (χ1v) is 7.09. The summed E-state index contributed by atoms with van der Waals surface area (Å²) in [5.41, 5.74) is 0.942. The Morgan fingerprint density at radius 3 is 2.73 bits per heavy atom. The average molecular weight is 306 g/mol. The molecule has 0 bridgehead atoms. The van der Waals surface area contributed by atoms with E-state index in [0.29, 0.717) is 18.9 Å². The van der Waals surface area contributed by atoms with Crippen LogP contribution in [0.3, 0.4) is 0 Å². The zero-order valence-electron chi connectivity index (χ0n) is 12.6. The standard InChI is InChI=1S/C14H18N4O4/c1-9-11(16-10(5-15-9)12(19)22-2)17-4-3-14(6-17)7-18(8-14)13(20)21/h5H,3-4,6-8H2,1-2H3,(H,20,21). The van der Waals surface area contributed by atoms with Gasteiger partial charge in [0.25, 0.3) is 0 Å². The van der Waals surface area contributed by atoms with E-state index in [2.05, 4.69) is 19.6 Å². The molecule has 118 valence electrons. The van der Waals surface area contributed by atoms with Crippen LogP contribution in [0.4, 0.5) is 10.6 Å². The van der Waals surface area contributed by atoms with Crippen molar-refractivity contribution in [2.75, 3.05) is 38.2 Å². The number of ether oxygens (including phenoxy) is 1. The van der Waals surface area contributed by atoms with Gasteiger partial charge in [-0.05, 0) is 13.3 Å². The summed E-state index contributed by atoms with van der Waals surface area (Å²) in [6, 6.07) is 0. The molecule has 2 saturated heterocycles. The third kappa shape index (κ3) is 2.34. The van der Waals surface area contributed by atoms with Crippen LogP contribution in [-0.4, -0.2) is 65.3 Å². The molecule has 3 rings (SSSR count). The molecule has 3 heterocycles. The molecule has 1 aromatic rings. The number of carbonyl (C=O) groups is 2. The number of aromatic nitrogens is 2. The predicted octanol–water partition coefficient (Wildman–Crippen LogP) is 0.762. The summed E-state index contributed by atoms with van der Waals surface area (Å²) >= 11 is 0. The maximum absolute atomic E-state index is 11.6. The minimum atomic E-state index is -0.868. The van der Waals surface area contributed by atoms with Crippen molar-refractivity contribution in [1.82, 2.24) is 14.9 Å².